The number of hydrogen-bond acceptors (Lipinski definition) is 5. The van der Waals surface area contributed by atoms with Crippen LogP contribution in [-0.4, -0.2) is 41.3 Å². The smallest absolute Gasteiger partial charge is 0.247 e. The second-order valence-electron chi connectivity index (χ2n) is 8.75. The van der Waals surface area contributed by atoms with E-state index in [1.54, 1.807) is 18.3 Å². The van der Waals surface area contributed by atoms with Gasteiger partial charge in [-0.05, 0) is 41.7 Å². The van der Waals surface area contributed by atoms with Crippen LogP contribution in [0.3, 0.4) is 0 Å². The molecule has 0 aliphatic carbocycles. The Labute approximate surface area is 199 Å². The molecule has 2 aromatic carbocycles. The predicted molar refractivity (Wildman–Crippen MR) is 129 cm³/mol. The fraction of sp³-hybridized carbons (Fsp3) is 0.296. The van der Waals surface area contributed by atoms with Crippen LogP contribution >= 0.6 is 0 Å². The minimum absolute atomic E-state index is 0.0206. The van der Waals surface area contributed by atoms with E-state index < -0.39 is 6.04 Å². The minimum atomic E-state index is -0.673. The maximum absolute atomic E-state index is 13.0. The summed E-state index contributed by atoms with van der Waals surface area (Å²) < 4.78 is 6.21. The molecule has 1 saturated heterocycles. The predicted octanol–water partition coefficient (Wildman–Crippen LogP) is 3.40. The van der Waals surface area contributed by atoms with Crippen LogP contribution in [0.15, 0.2) is 79.0 Å². The third-order valence-corrected chi connectivity index (χ3v) is 6.70. The van der Waals surface area contributed by atoms with Crippen LogP contribution in [-0.2, 0) is 26.5 Å². The summed E-state index contributed by atoms with van der Waals surface area (Å²) in [6, 6.07) is 22.4. The van der Waals surface area contributed by atoms with Gasteiger partial charge in [-0.1, -0.05) is 60.7 Å². The molecule has 7 nitrogen and oxygen atoms in total. The number of piperidine rings is 1. The molecule has 1 spiro atoms. The van der Waals surface area contributed by atoms with Crippen molar-refractivity contribution in [1.29, 1.82) is 0 Å². The summed E-state index contributed by atoms with van der Waals surface area (Å²) in [5, 5.41) is 6.00. The summed E-state index contributed by atoms with van der Waals surface area (Å²) in [4.78, 5) is 32.1. The van der Waals surface area contributed by atoms with Crippen molar-refractivity contribution in [3.63, 3.8) is 0 Å². The lowest BCUT2D eigenvalue weighted by atomic mass is 9.84. The Hall–Kier alpha value is -3.55. The number of carbonyl (C=O) groups is 2. The number of nitrogens with zero attached hydrogens (tertiary/aromatic N) is 2. The Morgan fingerprint density at radius 3 is 2.47 bits per heavy atom. The van der Waals surface area contributed by atoms with Crippen molar-refractivity contribution >= 4 is 17.6 Å². The Morgan fingerprint density at radius 1 is 0.971 bits per heavy atom. The molecule has 3 heterocycles. The fourth-order valence-electron chi connectivity index (χ4n) is 4.86. The van der Waals surface area contributed by atoms with Crippen molar-refractivity contribution in [2.45, 2.75) is 31.1 Å². The van der Waals surface area contributed by atoms with E-state index in [4.69, 9.17) is 4.74 Å². The van der Waals surface area contributed by atoms with Gasteiger partial charge in [-0.15, -0.1) is 0 Å². The number of fused-ring (bicyclic) bond motifs is 2. The van der Waals surface area contributed by atoms with Gasteiger partial charge in [0.15, 0.2) is 0 Å². The molecular weight excluding hydrogens is 428 g/mol. The normalized spacial score (nSPS) is 17.2. The summed E-state index contributed by atoms with van der Waals surface area (Å²) in [5.41, 5.74) is 3.01. The fourth-order valence-corrected chi connectivity index (χ4v) is 4.86. The molecule has 2 aliphatic rings. The number of anilines is 1. The first kappa shape index (κ1) is 22.3. The molecule has 174 valence electrons. The van der Waals surface area contributed by atoms with Gasteiger partial charge in [0.25, 0.3) is 0 Å². The topological polar surface area (TPSA) is 83.6 Å². The van der Waals surface area contributed by atoms with Crippen LogP contribution in [0, 0.1) is 0 Å². The van der Waals surface area contributed by atoms with Crippen molar-refractivity contribution < 1.29 is 14.3 Å². The molecule has 1 atom stereocenters. The highest BCUT2D eigenvalue weighted by Crippen LogP contribution is 2.43. The first-order chi connectivity index (χ1) is 16.6. The molecule has 1 aromatic heterocycles. The van der Waals surface area contributed by atoms with Gasteiger partial charge in [-0.3, -0.25) is 14.9 Å². The molecule has 34 heavy (non-hydrogen) atoms. The van der Waals surface area contributed by atoms with E-state index in [1.165, 1.54) is 11.1 Å². The molecule has 0 saturated carbocycles. The van der Waals surface area contributed by atoms with E-state index >= 15 is 0 Å². The highest BCUT2D eigenvalue weighted by atomic mass is 16.5. The number of hydrogen-bond donors (Lipinski definition) is 2. The van der Waals surface area contributed by atoms with Crippen molar-refractivity contribution in [2.75, 3.05) is 25.0 Å². The molecule has 1 fully saturated rings. The number of amides is 2. The van der Waals surface area contributed by atoms with Gasteiger partial charge >= 0.3 is 0 Å². The molecule has 2 N–H and O–H groups in total. The van der Waals surface area contributed by atoms with Gasteiger partial charge < -0.3 is 15.0 Å². The lowest BCUT2D eigenvalue weighted by molar-refractivity contribution is -0.137. The molecule has 2 amide bonds. The van der Waals surface area contributed by atoms with Crippen LogP contribution in [0.25, 0.3) is 0 Å². The maximum atomic E-state index is 13.0. The average molecular weight is 457 g/mol. The number of nitrogens with one attached hydrogen (secondary N) is 2. The Morgan fingerprint density at radius 2 is 1.71 bits per heavy atom. The first-order valence-corrected chi connectivity index (χ1v) is 11.6. The summed E-state index contributed by atoms with van der Waals surface area (Å²) in [7, 11) is 0. The van der Waals surface area contributed by atoms with Crippen molar-refractivity contribution in [3.8, 4) is 0 Å². The zero-order chi connectivity index (χ0) is 23.4. The second kappa shape index (κ2) is 9.75. The van der Waals surface area contributed by atoms with Crippen LogP contribution in [0.5, 0.6) is 0 Å². The van der Waals surface area contributed by atoms with Gasteiger partial charge in [0.2, 0.25) is 11.8 Å². The quantitative estimate of drug-likeness (QED) is 0.594. The standard InChI is InChI=1S/C27H28N4O3/c32-24(31-16-13-27(14-17-31)22-11-5-4-10-21(22)19-34-27)18-29-25(20-8-2-1-3-9-20)26(33)30-23-12-6-7-15-28-23/h1-12,15,25,29H,13-14,16-19H2,(H,28,30,33)/t25-/m1/s1. The lowest BCUT2D eigenvalue weighted by Crippen LogP contribution is -2.48. The Kier molecular flexibility index (Phi) is 6.38. The number of likely N-dealkylation sites (tertiary alicyclic amines) is 1. The van der Waals surface area contributed by atoms with Gasteiger partial charge in [-0.2, -0.15) is 0 Å². The highest BCUT2D eigenvalue weighted by molar-refractivity contribution is 5.95. The number of aromatic nitrogens is 1. The molecule has 3 aromatic rings. The number of benzene rings is 2. The van der Waals surface area contributed by atoms with Crippen LogP contribution in [0.1, 0.15) is 35.6 Å². The summed E-state index contributed by atoms with van der Waals surface area (Å²) in [6.07, 6.45) is 3.18. The minimum Gasteiger partial charge on any atom is -0.365 e. The number of pyridine rings is 1. The van der Waals surface area contributed by atoms with E-state index in [1.807, 2.05) is 47.4 Å². The average Bonchev–Trinajstić information content (AvgIpc) is 3.24. The number of rotatable bonds is 6. The third-order valence-electron chi connectivity index (χ3n) is 6.70. The monoisotopic (exact) mass is 456 g/mol. The van der Waals surface area contributed by atoms with E-state index in [0.717, 1.165) is 18.4 Å². The first-order valence-electron chi connectivity index (χ1n) is 11.6. The third kappa shape index (κ3) is 4.58. The molecule has 7 heteroatoms. The Balaban J connectivity index is 1.22. The molecule has 0 bridgehead atoms. The van der Waals surface area contributed by atoms with E-state index in [9.17, 15) is 9.59 Å². The van der Waals surface area contributed by atoms with E-state index in [-0.39, 0.29) is 24.0 Å². The Bertz CT molecular complexity index is 1140. The van der Waals surface area contributed by atoms with Crippen molar-refractivity contribution in [2.24, 2.45) is 0 Å². The molecule has 0 unspecified atom stereocenters. The number of ether oxygens (including phenoxy) is 1. The molecular formula is C27H28N4O3. The maximum Gasteiger partial charge on any atom is 0.247 e. The van der Waals surface area contributed by atoms with Gasteiger partial charge in [-0.25, -0.2) is 4.98 Å². The lowest BCUT2D eigenvalue weighted by Gasteiger charge is -2.39. The van der Waals surface area contributed by atoms with Gasteiger partial charge in [0.1, 0.15) is 11.9 Å². The summed E-state index contributed by atoms with van der Waals surface area (Å²) in [5.74, 6) is 0.193. The van der Waals surface area contributed by atoms with Gasteiger partial charge in [0.05, 0.1) is 18.8 Å². The SMILES string of the molecule is O=C(Nc1ccccn1)[C@H](NCC(=O)N1CCC2(CC1)OCc1ccccc12)c1ccccc1. The summed E-state index contributed by atoms with van der Waals surface area (Å²) in [6.45, 7) is 1.96. The zero-order valence-corrected chi connectivity index (χ0v) is 18.9. The summed E-state index contributed by atoms with van der Waals surface area (Å²) >= 11 is 0. The second-order valence-corrected chi connectivity index (χ2v) is 8.75. The van der Waals surface area contributed by atoms with Crippen LogP contribution in [0.2, 0.25) is 0 Å². The van der Waals surface area contributed by atoms with Crippen LogP contribution in [0.4, 0.5) is 5.82 Å². The zero-order valence-electron chi connectivity index (χ0n) is 18.9. The highest BCUT2D eigenvalue weighted by Gasteiger charge is 2.43. The largest absolute Gasteiger partial charge is 0.365 e. The van der Waals surface area contributed by atoms with Crippen molar-refractivity contribution in [1.82, 2.24) is 15.2 Å². The van der Waals surface area contributed by atoms with Gasteiger partial charge in [0, 0.05) is 19.3 Å². The van der Waals surface area contributed by atoms with E-state index in [0.29, 0.717) is 25.5 Å². The van der Waals surface area contributed by atoms with Crippen LogP contribution < -0.4 is 10.6 Å². The van der Waals surface area contributed by atoms with E-state index in [2.05, 4.69) is 33.8 Å². The molecule has 0 radical (unpaired) electrons. The van der Waals surface area contributed by atoms with Crippen molar-refractivity contribution in [3.05, 3.63) is 95.7 Å². The molecule has 2 aliphatic heterocycles. The molecule has 5 rings (SSSR count). The number of carbonyl (C=O) groups excluding carboxylic acids is 2.